The Balaban J connectivity index is 2.33. The molecule has 0 aromatic heterocycles. The van der Waals surface area contributed by atoms with Crippen LogP contribution in [0.25, 0.3) is 11.6 Å². The van der Waals surface area contributed by atoms with Crippen LogP contribution < -0.4 is 5.32 Å². The number of hydrogen-bond acceptors (Lipinski definition) is 1. The summed E-state index contributed by atoms with van der Waals surface area (Å²) in [6, 6.07) is 19.8. The molecule has 0 atom stereocenters. The van der Waals surface area contributed by atoms with Gasteiger partial charge in [-0.25, -0.2) is 0 Å². The molecule has 0 heterocycles. The summed E-state index contributed by atoms with van der Waals surface area (Å²) in [5.74, 6) is -0.0377. The summed E-state index contributed by atoms with van der Waals surface area (Å²) < 4.78 is 0. The molecule has 1 amide bonds. The van der Waals surface area contributed by atoms with E-state index in [0.29, 0.717) is 5.57 Å². The second-order valence-corrected chi connectivity index (χ2v) is 8.41. The van der Waals surface area contributed by atoms with Crippen LogP contribution in [0.15, 0.2) is 60.7 Å². The summed E-state index contributed by atoms with van der Waals surface area (Å²) in [5.41, 5.74) is 2.50. The Labute approximate surface area is 152 Å². The fourth-order valence-corrected chi connectivity index (χ4v) is 3.36. The SMILES string of the molecule is CC(C)(C)CC(C)(C)NC(=O)/C(=C/c1ccccc1)c1ccccc1. The third-order valence-corrected chi connectivity index (χ3v) is 3.86. The fourth-order valence-electron chi connectivity index (χ4n) is 3.36. The minimum absolute atomic E-state index is 0.0377. The number of carbonyl (C=O) groups is 1. The highest BCUT2D eigenvalue weighted by atomic mass is 16.1. The number of rotatable bonds is 5. The van der Waals surface area contributed by atoms with Gasteiger partial charge in [-0.15, -0.1) is 0 Å². The third-order valence-electron chi connectivity index (χ3n) is 3.86. The molecule has 0 saturated carbocycles. The second kappa shape index (κ2) is 7.69. The van der Waals surface area contributed by atoms with Gasteiger partial charge in [0.25, 0.3) is 5.91 Å². The van der Waals surface area contributed by atoms with E-state index >= 15 is 0 Å². The molecule has 0 unspecified atom stereocenters. The van der Waals surface area contributed by atoms with Crippen molar-refractivity contribution in [3.63, 3.8) is 0 Å². The lowest BCUT2D eigenvalue weighted by molar-refractivity contribution is -0.117. The third kappa shape index (κ3) is 6.22. The Hall–Kier alpha value is -2.35. The number of amides is 1. The van der Waals surface area contributed by atoms with Gasteiger partial charge in [0, 0.05) is 11.1 Å². The Bertz CT molecular complexity index is 722. The van der Waals surface area contributed by atoms with Gasteiger partial charge in [0.05, 0.1) is 0 Å². The van der Waals surface area contributed by atoms with Crippen LogP contribution in [0.4, 0.5) is 0 Å². The van der Waals surface area contributed by atoms with Gasteiger partial charge in [0.15, 0.2) is 0 Å². The van der Waals surface area contributed by atoms with Crippen LogP contribution in [0.2, 0.25) is 0 Å². The molecule has 0 fully saturated rings. The van der Waals surface area contributed by atoms with Crippen molar-refractivity contribution in [3.05, 3.63) is 71.8 Å². The van der Waals surface area contributed by atoms with Gasteiger partial charge in [0.1, 0.15) is 0 Å². The summed E-state index contributed by atoms with van der Waals surface area (Å²) in [4.78, 5) is 13.1. The first kappa shape index (κ1) is 19.0. The van der Waals surface area contributed by atoms with Crippen molar-refractivity contribution < 1.29 is 4.79 Å². The number of nitrogens with one attached hydrogen (secondary N) is 1. The van der Waals surface area contributed by atoms with Crippen LogP contribution >= 0.6 is 0 Å². The lowest BCUT2D eigenvalue weighted by Gasteiger charge is -2.33. The fraction of sp³-hybridized carbons (Fsp3) is 0.348. The molecule has 2 aromatic carbocycles. The predicted octanol–water partition coefficient (Wildman–Crippen LogP) is 5.56. The van der Waals surface area contributed by atoms with Crippen molar-refractivity contribution in [3.8, 4) is 0 Å². The second-order valence-electron chi connectivity index (χ2n) is 8.41. The van der Waals surface area contributed by atoms with E-state index in [0.717, 1.165) is 17.5 Å². The maximum atomic E-state index is 13.1. The first-order valence-electron chi connectivity index (χ1n) is 8.81. The van der Waals surface area contributed by atoms with Crippen molar-refractivity contribution >= 4 is 17.6 Å². The summed E-state index contributed by atoms with van der Waals surface area (Å²) >= 11 is 0. The van der Waals surface area contributed by atoms with Crippen LogP contribution in [0.1, 0.15) is 52.2 Å². The summed E-state index contributed by atoms with van der Waals surface area (Å²) in [7, 11) is 0. The van der Waals surface area contributed by atoms with Gasteiger partial charge in [-0.05, 0) is 42.9 Å². The molecule has 2 nitrogen and oxygen atoms in total. The zero-order valence-electron chi connectivity index (χ0n) is 16.0. The Morgan fingerprint density at radius 1 is 0.880 bits per heavy atom. The van der Waals surface area contributed by atoms with Crippen LogP contribution in [0.5, 0.6) is 0 Å². The highest BCUT2D eigenvalue weighted by Gasteiger charge is 2.28. The highest BCUT2D eigenvalue weighted by Crippen LogP contribution is 2.28. The molecular formula is C23H29NO. The van der Waals surface area contributed by atoms with Gasteiger partial charge in [-0.1, -0.05) is 81.4 Å². The highest BCUT2D eigenvalue weighted by molar-refractivity contribution is 6.24. The van der Waals surface area contributed by atoms with E-state index in [-0.39, 0.29) is 16.9 Å². The normalized spacial score (nSPS) is 12.8. The van der Waals surface area contributed by atoms with Gasteiger partial charge < -0.3 is 5.32 Å². The van der Waals surface area contributed by atoms with Crippen LogP contribution in [-0.4, -0.2) is 11.4 Å². The molecule has 0 aliphatic carbocycles. The monoisotopic (exact) mass is 335 g/mol. The van der Waals surface area contributed by atoms with Crippen LogP contribution in [0, 0.1) is 5.41 Å². The average Bonchev–Trinajstić information content (AvgIpc) is 2.51. The number of benzene rings is 2. The van der Waals surface area contributed by atoms with E-state index in [2.05, 4.69) is 39.9 Å². The zero-order chi connectivity index (χ0) is 18.5. The van der Waals surface area contributed by atoms with E-state index in [1.807, 2.05) is 66.7 Å². The largest absolute Gasteiger partial charge is 0.347 e. The minimum atomic E-state index is -0.278. The van der Waals surface area contributed by atoms with Gasteiger partial charge in [0.2, 0.25) is 0 Å². The quantitative estimate of drug-likeness (QED) is 0.562. The molecule has 0 bridgehead atoms. The standard InChI is InChI=1S/C23H29NO/c1-22(2,3)17-23(4,5)24-21(25)20(19-14-10-7-11-15-19)16-18-12-8-6-9-13-18/h6-16H,17H2,1-5H3,(H,24,25)/b20-16+. The molecule has 0 spiro atoms. The smallest absolute Gasteiger partial charge is 0.252 e. The maximum absolute atomic E-state index is 13.1. The molecular weight excluding hydrogens is 306 g/mol. The molecule has 0 radical (unpaired) electrons. The topological polar surface area (TPSA) is 29.1 Å². The Morgan fingerprint density at radius 3 is 1.92 bits per heavy atom. The molecule has 0 saturated heterocycles. The summed E-state index contributed by atoms with van der Waals surface area (Å²) in [6.07, 6.45) is 2.86. The van der Waals surface area contributed by atoms with Gasteiger partial charge in [-0.2, -0.15) is 0 Å². The lowest BCUT2D eigenvalue weighted by Crippen LogP contribution is -2.46. The number of hydrogen-bond donors (Lipinski definition) is 1. The zero-order valence-corrected chi connectivity index (χ0v) is 16.0. The molecule has 1 N–H and O–H groups in total. The minimum Gasteiger partial charge on any atom is -0.347 e. The molecule has 2 aromatic rings. The summed E-state index contributed by atoms with van der Waals surface area (Å²) in [5, 5.41) is 3.22. The molecule has 0 aliphatic rings. The molecule has 2 rings (SSSR count). The van der Waals surface area contributed by atoms with E-state index < -0.39 is 0 Å². The van der Waals surface area contributed by atoms with Crippen molar-refractivity contribution in [2.75, 3.05) is 0 Å². The van der Waals surface area contributed by atoms with Gasteiger partial charge >= 0.3 is 0 Å². The maximum Gasteiger partial charge on any atom is 0.252 e. The van der Waals surface area contributed by atoms with Crippen molar-refractivity contribution in [2.45, 2.75) is 46.6 Å². The van der Waals surface area contributed by atoms with Crippen molar-refractivity contribution in [1.29, 1.82) is 0 Å². The number of carbonyl (C=O) groups excluding carboxylic acids is 1. The molecule has 0 aliphatic heterocycles. The first-order chi connectivity index (χ1) is 11.7. The van der Waals surface area contributed by atoms with E-state index in [4.69, 9.17) is 0 Å². The Kier molecular flexibility index (Phi) is 5.84. The average molecular weight is 335 g/mol. The van der Waals surface area contributed by atoms with E-state index in [9.17, 15) is 4.79 Å². The summed E-state index contributed by atoms with van der Waals surface area (Å²) in [6.45, 7) is 10.7. The van der Waals surface area contributed by atoms with Crippen LogP contribution in [0.3, 0.4) is 0 Å². The molecule has 25 heavy (non-hydrogen) atoms. The van der Waals surface area contributed by atoms with E-state index in [1.54, 1.807) is 0 Å². The first-order valence-corrected chi connectivity index (χ1v) is 8.81. The van der Waals surface area contributed by atoms with Crippen molar-refractivity contribution in [2.24, 2.45) is 5.41 Å². The van der Waals surface area contributed by atoms with Crippen LogP contribution in [-0.2, 0) is 4.79 Å². The van der Waals surface area contributed by atoms with Gasteiger partial charge in [-0.3, -0.25) is 4.79 Å². The molecule has 2 heteroatoms. The lowest BCUT2D eigenvalue weighted by atomic mass is 9.81. The predicted molar refractivity (Wildman–Crippen MR) is 107 cm³/mol. The molecule has 132 valence electrons. The van der Waals surface area contributed by atoms with Crippen molar-refractivity contribution in [1.82, 2.24) is 5.32 Å². The Morgan fingerprint density at radius 2 is 1.40 bits per heavy atom. The van der Waals surface area contributed by atoms with E-state index in [1.165, 1.54) is 0 Å².